The number of likely N-dealkylation sites (N-methyl/N-ethyl adjacent to an activating group) is 1. The van der Waals surface area contributed by atoms with Gasteiger partial charge in [0, 0.05) is 26.6 Å². The smallest absolute Gasteiger partial charge is 0.416 e. The zero-order valence-electron chi connectivity index (χ0n) is 27.8. The van der Waals surface area contributed by atoms with Gasteiger partial charge in [0.2, 0.25) is 5.60 Å². The first-order chi connectivity index (χ1) is 22.2. The molecular weight excluding hydrogens is 609 g/mol. The molecular formula is C37H45F3N2O5. The molecule has 2 atom stereocenters. The molecule has 2 unspecified atom stereocenters. The minimum absolute atomic E-state index is 0.00279. The number of hydrogen-bond donors (Lipinski definition) is 1. The number of aryl methyl sites for hydroxylation is 3. The van der Waals surface area contributed by atoms with E-state index < -0.39 is 23.3 Å². The molecule has 0 radical (unpaired) electrons. The number of benzene rings is 3. The van der Waals surface area contributed by atoms with Crippen LogP contribution in [0.5, 0.6) is 11.5 Å². The second-order valence-electron chi connectivity index (χ2n) is 12.7. The number of ether oxygens (including phenoxy) is 2. The third-order valence-corrected chi connectivity index (χ3v) is 8.92. The molecule has 1 heterocycles. The van der Waals surface area contributed by atoms with Gasteiger partial charge in [-0.05, 0) is 98.0 Å². The van der Waals surface area contributed by atoms with Crippen molar-refractivity contribution in [2.24, 2.45) is 0 Å². The molecule has 0 saturated carbocycles. The number of carboxylic acid groups (broad SMARTS) is 1. The lowest BCUT2D eigenvalue weighted by molar-refractivity contribution is -0.153. The van der Waals surface area contributed by atoms with Crippen LogP contribution in [0, 0.1) is 6.92 Å². The molecule has 1 N–H and O–H groups in total. The van der Waals surface area contributed by atoms with Crippen LogP contribution < -0.4 is 9.47 Å². The number of unbranched alkanes of at least 4 members (excludes halogenated alkanes) is 1. The number of methoxy groups -OCH3 is 1. The summed E-state index contributed by atoms with van der Waals surface area (Å²) in [4.78, 5) is 28.8. The molecule has 1 aliphatic rings. The summed E-state index contributed by atoms with van der Waals surface area (Å²) in [5, 5.41) is 10.2. The van der Waals surface area contributed by atoms with Gasteiger partial charge in [0.15, 0.2) is 0 Å². The lowest BCUT2D eigenvalue weighted by atomic mass is 9.94. The van der Waals surface area contributed by atoms with Gasteiger partial charge in [-0.25, -0.2) is 9.59 Å². The van der Waals surface area contributed by atoms with Crippen molar-refractivity contribution < 1.29 is 37.3 Å². The lowest BCUT2D eigenvalue weighted by Crippen LogP contribution is -2.44. The maximum Gasteiger partial charge on any atom is 0.416 e. The van der Waals surface area contributed by atoms with Crippen LogP contribution >= 0.6 is 0 Å². The van der Waals surface area contributed by atoms with Crippen LogP contribution in [0.25, 0.3) is 0 Å². The van der Waals surface area contributed by atoms with Gasteiger partial charge in [-0.3, -0.25) is 0 Å². The highest BCUT2D eigenvalue weighted by Crippen LogP contribution is 2.32. The zero-order chi connectivity index (χ0) is 34.4. The fraction of sp³-hybridized carbons (Fsp3) is 0.459. The summed E-state index contributed by atoms with van der Waals surface area (Å²) in [7, 11) is 3.37. The molecule has 7 nitrogen and oxygen atoms in total. The van der Waals surface area contributed by atoms with Gasteiger partial charge in [0.25, 0.3) is 0 Å². The van der Waals surface area contributed by atoms with Crippen LogP contribution in [-0.4, -0.2) is 59.3 Å². The number of nitrogens with zero attached hydrogens (tertiary/aromatic N) is 2. The van der Waals surface area contributed by atoms with Gasteiger partial charge in [-0.15, -0.1) is 0 Å². The number of rotatable bonds is 15. The first kappa shape index (κ1) is 35.6. The van der Waals surface area contributed by atoms with Gasteiger partial charge in [-0.1, -0.05) is 49.7 Å². The van der Waals surface area contributed by atoms with Crippen LogP contribution in [0.1, 0.15) is 72.9 Å². The van der Waals surface area contributed by atoms with Crippen molar-refractivity contribution in [1.82, 2.24) is 9.80 Å². The average Bonchev–Trinajstić information content (AvgIpc) is 3.28. The second-order valence-corrected chi connectivity index (χ2v) is 12.7. The minimum Gasteiger partial charge on any atom is -0.496 e. The number of hydrogen-bond acceptors (Lipinski definition) is 4. The first-order valence-corrected chi connectivity index (χ1v) is 16.1. The number of carbonyl (C=O) groups is 2. The van der Waals surface area contributed by atoms with Gasteiger partial charge < -0.3 is 24.4 Å². The minimum atomic E-state index is -4.40. The van der Waals surface area contributed by atoms with Gasteiger partial charge in [-0.2, -0.15) is 13.2 Å². The third-order valence-electron chi connectivity index (χ3n) is 8.92. The van der Waals surface area contributed by atoms with Crippen molar-refractivity contribution in [3.63, 3.8) is 0 Å². The standard InChI is InChI=1S/C37H45F3N2O5/c1-6-7-10-29-21-26(14-19-33(29)47-36(3,34(43)44)22-28-15-18-32(46-5)25(2)20-28)9-8-11-31-24-42(35(45)41(31)4)23-27-12-16-30(17-13-27)37(38,39)40/h12-21,31H,6-11,22-24H2,1-5H3,(H,43,44). The molecule has 0 aromatic heterocycles. The molecule has 47 heavy (non-hydrogen) atoms. The molecule has 0 bridgehead atoms. The van der Waals surface area contributed by atoms with Crippen molar-refractivity contribution in [3.8, 4) is 11.5 Å². The van der Waals surface area contributed by atoms with E-state index in [1.807, 2.05) is 37.3 Å². The molecule has 4 rings (SSSR count). The Morgan fingerprint density at radius 1 is 0.957 bits per heavy atom. The number of urea groups is 1. The van der Waals surface area contributed by atoms with Gasteiger partial charge in [0.1, 0.15) is 11.5 Å². The summed E-state index contributed by atoms with van der Waals surface area (Å²) < 4.78 is 50.4. The van der Waals surface area contributed by atoms with Crippen molar-refractivity contribution in [2.45, 2.75) is 90.1 Å². The summed E-state index contributed by atoms with van der Waals surface area (Å²) >= 11 is 0. The SMILES string of the molecule is CCCCc1cc(CCCC2CN(Cc3ccc(C(F)(F)F)cc3)C(=O)N2C)ccc1OC(C)(Cc1ccc(OC)c(C)c1)C(=O)O. The molecule has 0 aliphatic carbocycles. The van der Waals surface area contributed by atoms with Gasteiger partial charge in [0.05, 0.1) is 18.7 Å². The summed E-state index contributed by atoms with van der Waals surface area (Å²) in [5.74, 6) is 0.266. The first-order valence-electron chi connectivity index (χ1n) is 16.1. The maximum atomic E-state index is 12.9. The Morgan fingerprint density at radius 3 is 2.23 bits per heavy atom. The van der Waals surface area contributed by atoms with E-state index in [0.717, 1.165) is 78.7 Å². The zero-order valence-corrected chi connectivity index (χ0v) is 27.8. The van der Waals surface area contributed by atoms with Crippen molar-refractivity contribution in [1.29, 1.82) is 0 Å². The van der Waals surface area contributed by atoms with E-state index in [4.69, 9.17) is 9.47 Å². The summed E-state index contributed by atoms with van der Waals surface area (Å²) in [6.45, 7) is 6.40. The molecule has 3 aromatic rings. The van der Waals surface area contributed by atoms with E-state index in [2.05, 4.69) is 13.0 Å². The fourth-order valence-electron chi connectivity index (χ4n) is 6.10. The molecule has 1 fully saturated rings. The topological polar surface area (TPSA) is 79.3 Å². The largest absolute Gasteiger partial charge is 0.496 e. The molecule has 2 amide bonds. The lowest BCUT2D eigenvalue weighted by Gasteiger charge is -2.28. The molecule has 1 saturated heterocycles. The normalized spacial score (nSPS) is 16.3. The predicted octanol–water partition coefficient (Wildman–Crippen LogP) is 8.09. The predicted molar refractivity (Wildman–Crippen MR) is 175 cm³/mol. The van der Waals surface area contributed by atoms with Gasteiger partial charge >= 0.3 is 18.2 Å². The summed E-state index contributed by atoms with van der Waals surface area (Å²) in [6.07, 6.45) is 0.842. The Labute approximate surface area is 275 Å². The van der Waals surface area contributed by atoms with E-state index in [1.54, 1.807) is 30.9 Å². The quantitative estimate of drug-likeness (QED) is 0.179. The van der Waals surface area contributed by atoms with Crippen LogP contribution in [0.4, 0.5) is 18.0 Å². The number of amides is 2. The monoisotopic (exact) mass is 654 g/mol. The Bertz CT molecular complexity index is 1540. The van der Waals surface area contributed by atoms with Crippen LogP contribution in [-0.2, 0) is 36.8 Å². The summed E-state index contributed by atoms with van der Waals surface area (Å²) in [6, 6.07) is 16.4. The van der Waals surface area contributed by atoms with E-state index in [-0.39, 0.29) is 25.0 Å². The van der Waals surface area contributed by atoms with Crippen molar-refractivity contribution >= 4 is 12.0 Å². The van der Waals surface area contributed by atoms with E-state index in [9.17, 15) is 27.9 Å². The molecule has 3 aromatic carbocycles. The highest BCUT2D eigenvalue weighted by molar-refractivity contribution is 5.78. The number of carboxylic acids is 1. The third kappa shape index (κ3) is 8.99. The Kier molecular flexibility index (Phi) is 11.5. The van der Waals surface area contributed by atoms with Crippen molar-refractivity contribution in [2.75, 3.05) is 20.7 Å². The van der Waals surface area contributed by atoms with Crippen LogP contribution in [0.2, 0.25) is 0 Å². The maximum absolute atomic E-state index is 12.9. The van der Waals surface area contributed by atoms with E-state index in [0.29, 0.717) is 17.9 Å². The van der Waals surface area contributed by atoms with E-state index >= 15 is 0 Å². The highest BCUT2D eigenvalue weighted by Gasteiger charge is 2.37. The Hall–Kier alpha value is -4.21. The molecule has 254 valence electrons. The number of alkyl halides is 3. The molecule has 0 spiro atoms. The molecule has 10 heteroatoms. The highest BCUT2D eigenvalue weighted by atomic mass is 19.4. The average molecular weight is 655 g/mol. The number of carbonyl (C=O) groups excluding carboxylic acids is 1. The van der Waals surface area contributed by atoms with Crippen molar-refractivity contribution in [3.05, 3.63) is 94.0 Å². The Balaban J connectivity index is 1.39. The Morgan fingerprint density at radius 2 is 1.62 bits per heavy atom. The summed E-state index contributed by atoms with van der Waals surface area (Å²) in [5.41, 5.74) is 2.31. The van der Waals surface area contributed by atoms with E-state index in [1.165, 1.54) is 12.1 Å². The van der Waals surface area contributed by atoms with Crippen LogP contribution in [0.15, 0.2) is 60.7 Å². The van der Waals surface area contributed by atoms with Crippen LogP contribution in [0.3, 0.4) is 0 Å². The number of aliphatic carboxylic acids is 1. The number of halogens is 3. The molecule has 1 aliphatic heterocycles. The fourth-order valence-corrected chi connectivity index (χ4v) is 6.10. The second kappa shape index (κ2) is 15.1.